The quantitative estimate of drug-likeness (QED) is 0.656. The van der Waals surface area contributed by atoms with Crippen LogP contribution in [0.4, 0.5) is 0 Å². The van der Waals surface area contributed by atoms with Gasteiger partial charge in [0.25, 0.3) is 0 Å². The summed E-state index contributed by atoms with van der Waals surface area (Å²) in [7, 11) is 0. The molecule has 26 heavy (non-hydrogen) atoms. The molecule has 1 aliphatic heterocycles. The highest BCUT2D eigenvalue weighted by Gasteiger charge is 2.19. The maximum absolute atomic E-state index is 5.86. The van der Waals surface area contributed by atoms with E-state index in [1.165, 1.54) is 17.5 Å². The largest absolute Gasteiger partial charge is 0.377 e. The summed E-state index contributed by atoms with van der Waals surface area (Å²) in [5.41, 5.74) is 3.61. The molecular formula is C21H24N4O. The van der Waals surface area contributed by atoms with Gasteiger partial charge < -0.3 is 4.74 Å². The lowest BCUT2D eigenvalue weighted by Gasteiger charge is -2.25. The van der Waals surface area contributed by atoms with Crippen molar-refractivity contribution in [1.82, 2.24) is 19.7 Å². The number of hydrogen-bond donors (Lipinski definition) is 0. The van der Waals surface area contributed by atoms with Gasteiger partial charge in [0.05, 0.1) is 11.8 Å². The highest BCUT2D eigenvalue weighted by molar-refractivity contribution is 5.33. The second-order valence-corrected chi connectivity index (χ2v) is 6.78. The number of pyridine rings is 1. The fourth-order valence-electron chi connectivity index (χ4n) is 3.45. The Kier molecular flexibility index (Phi) is 5.38. The summed E-state index contributed by atoms with van der Waals surface area (Å²) in [6, 6.07) is 14.7. The highest BCUT2D eigenvalue weighted by Crippen LogP contribution is 2.18. The van der Waals surface area contributed by atoms with Crippen molar-refractivity contribution in [2.75, 3.05) is 13.2 Å². The van der Waals surface area contributed by atoms with Crippen molar-refractivity contribution in [2.45, 2.75) is 32.0 Å². The summed E-state index contributed by atoms with van der Waals surface area (Å²) in [5.74, 6) is 0. The van der Waals surface area contributed by atoms with Gasteiger partial charge in [0, 0.05) is 51.0 Å². The summed E-state index contributed by atoms with van der Waals surface area (Å²) in [5, 5.41) is 4.28. The lowest BCUT2D eigenvalue weighted by molar-refractivity contribution is 0.0679. The lowest BCUT2D eigenvalue weighted by Crippen LogP contribution is -2.31. The van der Waals surface area contributed by atoms with E-state index in [0.29, 0.717) is 6.10 Å². The van der Waals surface area contributed by atoms with Crippen LogP contribution >= 0.6 is 0 Å². The van der Waals surface area contributed by atoms with Crippen molar-refractivity contribution in [3.8, 4) is 5.69 Å². The third kappa shape index (κ3) is 4.36. The number of ether oxygens (including phenoxy) is 1. The molecule has 0 N–H and O–H groups in total. The molecule has 2 aromatic heterocycles. The first-order chi connectivity index (χ1) is 12.9. The van der Waals surface area contributed by atoms with E-state index in [9.17, 15) is 0 Å². The van der Waals surface area contributed by atoms with Crippen molar-refractivity contribution in [1.29, 1.82) is 0 Å². The van der Waals surface area contributed by atoms with Gasteiger partial charge in [0.2, 0.25) is 0 Å². The predicted octanol–water partition coefficient (Wildman–Crippen LogP) is 3.45. The Balaban J connectivity index is 1.46. The van der Waals surface area contributed by atoms with Crippen LogP contribution in [0.2, 0.25) is 0 Å². The van der Waals surface area contributed by atoms with Crippen LogP contribution in [0.1, 0.15) is 24.0 Å². The normalized spacial score (nSPS) is 17.0. The minimum absolute atomic E-state index is 0.343. The van der Waals surface area contributed by atoms with Crippen molar-refractivity contribution >= 4 is 0 Å². The number of nitrogens with zero attached hydrogens (tertiary/aromatic N) is 4. The Labute approximate surface area is 154 Å². The molecule has 1 aliphatic rings. The van der Waals surface area contributed by atoms with Crippen LogP contribution in [0.25, 0.3) is 5.69 Å². The van der Waals surface area contributed by atoms with Gasteiger partial charge in [-0.25, -0.2) is 4.68 Å². The minimum Gasteiger partial charge on any atom is -0.377 e. The average Bonchev–Trinajstić information content (AvgIpc) is 3.37. The van der Waals surface area contributed by atoms with Crippen molar-refractivity contribution in [2.24, 2.45) is 0 Å². The fraction of sp³-hybridized carbons (Fsp3) is 0.333. The molecule has 0 radical (unpaired) electrons. The van der Waals surface area contributed by atoms with E-state index in [1.807, 2.05) is 35.4 Å². The summed E-state index contributed by atoms with van der Waals surface area (Å²) in [6.45, 7) is 3.63. The van der Waals surface area contributed by atoms with E-state index in [2.05, 4.69) is 45.3 Å². The maximum Gasteiger partial charge on any atom is 0.0703 e. The zero-order chi connectivity index (χ0) is 17.6. The van der Waals surface area contributed by atoms with Gasteiger partial charge in [0.1, 0.15) is 0 Å². The van der Waals surface area contributed by atoms with Gasteiger partial charge in [-0.15, -0.1) is 0 Å². The molecule has 0 bridgehead atoms. The molecule has 3 aromatic rings. The van der Waals surface area contributed by atoms with Crippen LogP contribution < -0.4 is 0 Å². The molecule has 3 heterocycles. The SMILES string of the molecule is c1cncc(CN(Cc2ccc(-n3cccn3)cc2)CC2CCCO2)c1. The first kappa shape index (κ1) is 16.9. The highest BCUT2D eigenvalue weighted by atomic mass is 16.5. The standard InChI is InChI=1S/C21H24N4O/c1-4-19(14-22-10-1)16-24(17-21-5-2-13-26-21)15-18-6-8-20(9-7-18)25-12-3-11-23-25/h1,3-4,6-12,14,21H,2,5,13,15-17H2. The third-order valence-electron chi connectivity index (χ3n) is 4.73. The molecule has 4 rings (SSSR count). The Morgan fingerprint density at radius 2 is 1.92 bits per heavy atom. The van der Waals surface area contributed by atoms with Crippen LogP contribution in [0.3, 0.4) is 0 Å². The Morgan fingerprint density at radius 1 is 1.04 bits per heavy atom. The van der Waals surface area contributed by atoms with E-state index in [1.54, 1.807) is 6.20 Å². The molecular weight excluding hydrogens is 324 g/mol. The van der Waals surface area contributed by atoms with E-state index in [0.717, 1.165) is 38.3 Å². The van der Waals surface area contributed by atoms with Gasteiger partial charge in [-0.1, -0.05) is 18.2 Å². The minimum atomic E-state index is 0.343. The summed E-state index contributed by atoms with van der Waals surface area (Å²) in [4.78, 5) is 6.70. The zero-order valence-electron chi connectivity index (χ0n) is 14.9. The predicted molar refractivity (Wildman–Crippen MR) is 101 cm³/mol. The molecule has 0 amide bonds. The van der Waals surface area contributed by atoms with Crippen molar-refractivity contribution in [3.05, 3.63) is 78.4 Å². The topological polar surface area (TPSA) is 43.2 Å². The van der Waals surface area contributed by atoms with Gasteiger partial charge in [0.15, 0.2) is 0 Å². The van der Waals surface area contributed by atoms with Crippen molar-refractivity contribution in [3.63, 3.8) is 0 Å². The summed E-state index contributed by atoms with van der Waals surface area (Å²) < 4.78 is 7.74. The Morgan fingerprint density at radius 3 is 2.62 bits per heavy atom. The summed E-state index contributed by atoms with van der Waals surface area (Å²) >= 11 is 0. The van der Waals surface area contributed by atoms with Crippen LogP contribution in [-0.4, -0.2) is 38.9 Å². The molecule has 5 nitrogen and oxygen atoms in total. The maximum atomic E-state index is 5.86. The molecule has 0 spiro atoms. The Bertz CT molecular complexity index is 781. The third-order valence-corrected chi connectivity index (χ3v) is 4.73. The molecule has 1 saturated heterocycles. The van der Waals surface area contributed by atoms with E-state index in [-0.39, 0.29) is 0 Å². The van der Waals surface area contributed by atoms with E-state index < -0.39 is 0 Å². The van der Waals surface area contributed by atoms with E-state index in [4.69, 9.17) is 4.74 Å². The fourth-order valence-corrected chi connectivity index (χ4v) is 3.45. The molecule has 134 valence electrons. The smallest absolute Gasteiger partial charge is 0.0703 e. The lowest BCUT2D eigenvalue weighted by atomic mass is 10.1. The first-order valence-electron chi connectivity index (χ1n) is 9.19. The van der Waals surface area contributed by atoms with E-state index >= 15 is 0 Å². The van der Waals surface area contributed by atoms with Gasteiger partial charge >= 0.3 is 0 Å². The zero-order valence-corrected chi connectivity index (χ0v) is 14.9. The van der Waals surface area contributed by atoms with Gasteiger partial charge in [-0.05, 0) is 48.2 Å². The number of rotatable bonds is 7. The molecule has 0 saturated carbocycles. The summed E-state index contributed by atoms with van der Waals surface area (Å²) in [6.07, 6.45) is 10.2. The van der Waals surface area contributed by atoms with Crippen LogP contribution in [0.15, 0.2) is 67.3 Å². The number of aromatic nitrogens is 3. The molecule has 5 heteroatoms. The average molecular weight is 348 g/mol. The number of benzene rings is 1. The number of hydrogen-bond acceptors (Lipinski definition) is 4. The van der Waals surface area contributed by atoms with Crippen LogP contribution in [0.5, 0.6) is 0 Å². The van der Waals surface area contributed by atoms with Crippen LogP contribution in [-0.2, 0) is 17.8 Å². The second kappa shape index (κ2) is 8.25. The first-order valence-corrected chi connectivity index (χ1v) is 9.19. The van der Waals surface area contributed by atoms with Crippen molar-refractivity contribution < 1.29 is 4.74 Å². The van der Waals surface area contributed by atoms with Gasteiger partial charge in [-0.3, -0.25) is 9.88 Å². The Hall–Kier alpha value is -2.50. The van der Waals surface area contributed by atoms with Gasteiger partial charge in [-0.2, -0.15) is 5.10 Å². The molecule has 1 aromatic carbocycles. The molecule has 1 atom stereocenters. The molecule has 0 aliphatic carbocycles. The molecule has 1 unspecified atom stereocenters. The second-order valence-electron chi connectivity index (χ2n) is 6.78. The monoisotopic (exact) mass is 348 g/mol. The molecule has 1 fully saturated rings. The van der Waals surface area contributed by atoms with Crippen LogP contribution in [0, 0.1) is 0 Å².